The summed E-state index contributed by atoms with van der Waals surface area (Å²) < 4.78 is 8.24. The van der Waals surface area contributed by atoms with Gasteiger partial charge >= 0.3 is 0 Å². The highest BCUT2D eigenvalue weighted by Crippen LogP contribution is 2.28. The molecule has 0 fully saturated rings. The molecule has 0 aliphatic heterocycles. The van der Waals surface area contributed by atoms with Crippen LogP contribution in [0.2, 0.25) is 5.02 Å². The summed E-state index contributed by atoms with van der Waals surface area (Å²) >= 11 is 9.22. The van der Waals surface area contributed by atoms with Crippen LogP contribution in [0, 0.1) is 0 Å². The monoisotopic (exact) mass is 479 g/mol. The quantitative estimate of drug-likeness (QED) is 0.309. The molecule has 0 spiro atoms. The number of carbonyl (C=O) groups excluding carboxylic acids is 1. The average Bonchev–Trinajstić information content (AvgIpc) is 3.45. The summed E-state index contributed by atoms with van der Waals surface area (Å²) in [6, 6.07) is 19.2. The van der Waals surface area contributed by atoms with Gasteiger partial charge in [-0.25, -0.2) is 4.98 Å². The third kappa shape index (κ3) is 4.00. The van der Waals surface area contributed by atoms with E-state index < -0.39 is 0 Å². The summed E-state index contributed by atoms with van der Waals surface area (Å²) in [6.45, 7) is 1.10. The number of fused-ring (bicyclic) bond motifs is 2. The Morgan fingerprint density at radius 1 is 1.16 bits per heavy atom. The predicted molar refractivity (Wildman–Crippen MR) is 132 cm³/mol. The van der Waals surface area contributed by atoms with Gasteiger partial charge in [0, 0.05) is 24.1 Å². The van der Waals surface area contributed by atoms with E-state index in [-0.39, 0.29) is 5.91 Å². The fraction of sp³-hybridized carbons (Fsp3) is 0.125. The van der Waals surface area contributed by atoms with Crippen molar-refractivity contribution in [2.75, 3.05) is 13.7 Å². The molecular weight excluding hydrogens is 462 g/mol. The number of rotatable bonds is 5. The first kappa shape index (κ1) is 21.0. The van der Waals surface area contributed by atoms with Crippen molar-refractivity contribution in [3.8, 4) is 10.6 Å². The Hall–Kier alpha value is -2.84. The summed E-state index contributed by atoms with van der Waals surface area (Å²) in [5.41, 5.74) is 3.05. The summed E-state index contributed by atoms with van der Waals surface area (Å²) in [7, 11) is 1.66. The van der Waals surface area contributed by atoms with Crippen LogP contribution in [0.1, 0.15) is 10.4 Å². The van der Waals surface area contributed by atoms with Crippen LogP contribution in [0.25, 0.3) is 31.7 Å². The van der Waals surface area contributed by atoms with Gasteiger partial charge in [-0.2, -0.15) is 4.99 Å². The molecule has 0 aliphatic carbocycles. The largest absolute Gasteiger partial charge is 0.383 e. The lowest BCUT2D eigenvalue weighted by molar-refractivity contribution is 0.0999. The van der Waals surface area contributed by atoms with Crippen molar-refractivity contribution in [2.24, 2.45) is 4.99 Å². The smallest absolute Gasteiger partial charge is 0.280 e. The van der Waals surface area contributed by atoms with Crippen molar-refractivity contribution in [3.05, 3.63) is 81.4 Å². The maximum atomic E-state index is 13.5. The second-order valence-corrected chi connectivity index (χ2v) is 9.50. The zero-order chi connectivity index (χ0) is 22.1. The van der Waals surface area contributed by atoms with Crippen LogP contribution < -0.4 is 4.80 Å². The molecular formula is C24H18ClN3O2S2. The first-order valence-corrected chi connectivity index (χ1v) is 12.0. The molecule has 8 heteroatoms. The number of pyridine rings is 1. The van der Waals surface area contributed by atoms with E-state index in [0.717, 1.165) is 31.7 Å². The molecule has 0 unspecified atom stereocenters. The van der Waals surface area contributed by atoms with E-state index in [9.17, 15) is 4.79 Å². The summed E-state index contributed by atoms with van der Waals surface area (Å²) in [6.07, 6.45) is 0. The molecule has 5 rings (SSSR count). The van der Waals surface area contributed by atoms with Gasteiger partial charge in [0.15, 0.2) is 4.80 Å². The molecule has 5 aromatic rings. The third-order valence-corrected chi connectivity index (χ3v) is 7.25. The minimum absolute atomic E-state index is 0.301. The highest BCUT2D eigenvalue weighted by Gasteiger charge is 2.15. The topological polar surface area (TPSA) is 56.5 Å². The van der Waals surface area contributed by atoms with Crippen LogP contribution in [0.3, 0.4) is 0 Å². The SMILES string of the molecule is COCCn1c(=NC(=O)c2cc(-c3cccs3)nc3ccccc23)sc2cc(Cl)ccc21. The minimum atomic E-state index is -0.301. The van der Waals surface area contributed by atoms with Crippen molar-refractivity contribution in [2.45, 2.75) is 6.54 Å². The molecule has 160 valence electrons. The molecule has 0 saturated heterocycles. The zero-order valence-corrected chi connectivity index (χ0v) is 19.5. The number of aromatic nitrogens is 2. The van der Waals surface area contributed by atoms with Gasteiger partial charge in [-0.05, 0) is 41.8 Å². The maximum absolute atomic E-state index is 13.5. The highest BCUT2D eigenvalue weighted by molar-refractivity contribution is 7.16. The fourth-order valence-corrected chi connectivity index (χ4v) is 5.60. The number of ether oxygens (including phenoxy) is 1. The van der Waals surface area contributed by atoms with Crippen LogP contribution in [0.5, 0.6) is 0 Å². The van der Waals surface area contributed by atoms with Crippen LogP contribution in [0.15, 0.2) is 71.0 Å². The first-order valence-electron chi connectivity index (χ1n) is 9.94. The minimum Gasteiger partial charge on any atom is -0.383 e. The van der Waals surface area contributed by atoms with E-state index in [1.54, 1.807) is 18.4 Å². The number of hydrogen-bond donors (Lipinski definition) is 0. The number of nitrogens with zero attached hydrogens (tertiary/aromatic N) is 3. The van der Waals surface area contributed by atoms with Crippen molar-refractivity contribution in [1.29, 1.82) is 0 Å². The number of para-hydroxylation sites is 1. The molecule has 0 saturated carbocycles. The normalized spacial score (nSPS) is 12.1. The standard InChI is InChI=1S/C24H18ClN3O2S2/c1-30-11-10-28-20-9-8-15(25)13-22(20)32-24(28)27-23(29)17-14-19(21-7-4-12-31-21)26-18-6-3-2-5-16(17)18/h2-9,12-14H,10-11H2,1H3. The third-order valence-electron chi connectivity index (χ3n) is 5.08. The van der Waals surface area contributed by atoms with Crippen molar-refractivity contribution < 1.29 is 9.53 Å². The lowest BCUT2D eigenvalue weighted by Crippen LogP contribution is -2.19. The number of carbonyl (C=O) groups is 1. The van der Waals surface area contributed by atoms with Crippen LogP contribution in [-0.4, -0.2) is 29.2 Å². The van der Waals surface area contributed by atoms with Gasteiger partial charge < -0.3 is 9.30 Å². The van der Waals surface area contributed by atoms with E-state index in [4.69, 9.17) is 21.3 Å². The van der Waals surface area contributed by atoms with Gasteiger partial charge in [0.2, 0.25) is 0 Å². The van der Waals surface area contributed by atoms with Crippen molar-refractivity contribution in [3.63, 3.8) is 0 Å². The van der Waals surface area contributed by atoms with Crippen LogP contribution in [0.4, 0.5) is 0 Å². The Bertz CT molecular complexity index is 1500. The molecule has 0 N–H and O–H groups in total. The summed E-state index contributed by atoms with van der Waals surface area (Å²) in [4.78, 5) is 24.4. The Kier molecular flexibility index (Phi) is 5.89. The molecule has 32 heavy (non-hydrogen) atoms. The van der Waals surface area contributed by atoms with Gasteiger partial charge in [-0.1, -0.05) is 47.2 Å². The van der Waals surface area contributed by atoms with Crippen LogP contribution >= 0.6 is 34.3 Å². The molecule has 0 aliphatic rings. The first-order chi connectivity index (χ1) is 15.6. The van der Waals surface area contributed by atoms with Crippen molar-refractivity contribution >= 4 is 61.3 Å². The van der Waals surface area contributed by atoms with E-state index in [0.29, 0.717) is 28.5 Å². The number of hydrogen-bond acceptors (Lipinski definition) is 5. The van der Waals surface area contributed by atoms with E-state index in [1.807, 2.05) is 70.6 Å². The number of thiazole rings is 1. The Labute approximate surface area is 197 Å². The lowest BCUT2D eigenvalue weighted by Gasteiger charge is -2.07. The highest BCUT2D eigenvalue weighted by atomic mass is 35.5. The van der Waals surface area contributed by atoms with E-state index in [2.05, 4.69) is 4.99 Å². The number of methoxy groups -OCH3 is 1. The zero-order valence-electron chi connectivity index (χ0n) is 17.1. The van der Waals surface area contributed by atoms with Gasteiger partial charge in [0.05, 0.1) is 38.5 Å². The number of thiophene rings is 1. The Balaban J connectivity index is 1.69. The molecule has 3 heterocycles. The van der Waals surface area contributed by atoms with Gasteiger partial charge in [0.25, 0.3) is 5.91 Å². The molecule has 0 radical (unpaired) electrons. The van der Waals surface area contributed by atoms with Crippen LogP contribution in [-0.2, 0) is 11.3 Å². The molecule has 1 amide bonds. The maximum Gasteiger partial charge on any atom is 0.280 e. The molecule has 3 aromatic heterocycles. The van der Waals surface area contributed by atoms with Gasteiger partial charge in [-0.3, -0.25) is 4.79 Å². The van der Waals surface area contributed by atoms with Gasteiger partial charge in [0.1, 0.15) is 0 Å². The molecule has 0 bridgehead atoms. The summed E-state index contributed by atoms with van der Waals surface area (Å²) in [5.74, 6) is -0.301. The predicted octanol–water partition coefficient (Wildman–Crippen LogP) is 6.02. The average molecular weight is 480 g/mol. The van der Waals surface area contributed by atoms with Gasteiger partial charge in [-0.15, -0.1) is 11.3 Å². The van der Waals surface area contributed by atoms with E-state index >= 15 is 0 Å². The lowest BCUT2D eigenvalue weighted by atomic mass is 10.1. The summed E-state index contributed by atoms with van der Waals surface area (Å²) in [5, 5.41) is 3.43. The number of amides is 1. The second kappa shape index (κ2) is 8.96. The number of halogens is 1. The molecule has 5 nitrogen and oxygen atoms in total. The Morgan fingerprint density at radius 3 is 2.84 bits per heavy atom. The second-order valence-electron chi connectivity index (χ2n) is 7.11. The molecule has 0 atom stereocenters. The molecule has 2 aromatic carbocycles. The van der Waals surface area contributed by atoms with Crippen molar-refractivity contribution in [1.82, 2.24) is 9.55 Å². The Morgan fingerprint density at radius 2 is 2.03 bits per heavy atom. The fourth-order valence-electron chi connectivity index (χ4n) is 3.58. The van der Waals surface area contributed by atoms with E-state index in [1.165, 1.54) is 11.3 Å². The number of benzene rings is 2.